The van der Waals surface area contributed by atoms with Crippen molar-refractivity contribution in [2.75, 3.05) is 45.3 Å². The van der Waals surface area contributed by atoms with E-state index in [0.29, 0.717) is 37.9 Å². The molecule has 3 fully saturated rings. The molecule has 16 nitrogen and oxygen atoms in total. The van der Waals surface area contributed by atoms with Crippen LogP contribution in [0.4, 0.5) is 9.59 Å². The number of urea groups is 1. The number of aliphatic hydroxyl groups is 3. The van der Waals surface area contributed by atoms with Gasteiger partial charge in [-0.2, -0.15) is 11.8 Å². The van der Waals surface area contributed by atoms with Crippen molar-refractivity contribution in [3.05, 3.63) is 36.0 Å². The van der Waals surface area contributed by atoms with E-state index in [1.165, 1.54) is 6.92 Å². The molecule has 3 saturated heterocycles. The van der Waals surface area contributed by atoms with E-state index in [2.05, 4.69) is 34.3 Å². The van der Waals surface area contributed by atoms with Crippen LogP contribution >= 0.6 is 11.8 Å². The van der Waals surface area contributed by atoms with Crippen LogP contribution in [0.25, 0.3) is 0 Å². The molecule has 0 aromatic rings. The van der Waals surface area contributed by atoms with Crippen molar-refractivity contribution < 1.29 is 58.2 Å². The molecule has 352 valence electrons. The van der Waals surface area contributed by atoms with Gasteiger partial charge in [-0.3, -0.25) is 9.59 Å². The number of ether oxygens (including phenoxy) is 5. The van der Waals surface area contributed by atoms with Gasteiger partial charge in [-0.25, -0.2) is 9.59 Å². The first-order valence-corrected chi connectivity index (χ1v) is 23.6. The average Bonchev–Trinajstić information content (AvgIpc) is 3.74. The highest BCUT2D eigenvalue weighted by Crippen LogP contribution is 2.37. The van der Waals surface area contributed by atoms with Gasteiger partial charge in [0.05, 0.1) is 69.3 Å². The van der Waals surface area contributed by atoms with E-state index in [1.807, 2.05) is 51.6 Å². The fourth-order valence-corrected chi connectivity index (χ4v) is 9.66. The normalized spacial score (nSPS) is 31.8. The molecule has 0 radical (unpaired) electrons. The molecule has 0 aromatic heterocycles. The molecule has 4 rings (SSSR count). The number of alkyl carbamates (subject to hydrolysis) is 1. The summed E-state index contributed by atoms with van der Waals surface area (Å²) in [7, 11) is 0. The fourth-order valence-electron chi connectivity index (χ4n) is 8.12. The molecule has 0 aromatic carbocycles. The Morgan fingerprint density at radius 2 is 1.81 bits per heavy atom. The van der Waals surface area contributed by atoms with Crippen molar-refractivity contribution in [1.82, 2.24) is 21.3 Å². The number of hydrogen-bond acceptors (Lipinski definition) is 13. The highest BCUT2D eigenvalue weighted by molar-refractivity contribution is 8.00. The zero-order valence-corrected chi connectivity index (χ0v) is 38.4. The summed E-state index contributed by atoms with van der Waals surface area (Å²) in [6.45, 7) is 13.0. The molecule has 10 unspecified atom stereocenters. The number of carbonyl (C=O) groups excluding carboxylic acids is 4. The lowest BCUT2D eigenvalue weighted by molar-refractivity contribution is -0.151. The molecular weight excluding hydrogens is 821 g/mol. The van der Waals surface area contributed by atoms with E-state index in [0.717, 1.165) is 37.0 Å². The van der Waals surface area contributed by atoms with E-state index in [4.69, 9.17) is 23.7 Å². The molecule has 4 aliphatic heterocycles. The molecule has 0 spiro atoms. The zero-order chi connectivity index (χ0) is 45.2. The van der Waals surface area contributed by atoms with Gasteiger partial charge in [-0.05, 0) is 69.9 Å². The number of thioether (sulfide) groups is 1. The van der Waals surface area contributed by atoms with Gasteiger partial charge < -0.3 is 60.3 Å². The van der Waals surface area contributed by atoms with E-state index < -0.39 is 36.0 Å². The summed E-state index contributed by atoms with van der Waals surface area (Å²) in [4.78, 5) is 49.5. The second kappa shape index (κ2) is 25.9. The summed E-state index contributed by atoms with van der Waals surface area (Å²) in [6, 6.07) is 0.306. The van der Waals surface area contributed by atoms with Crippen molar-refractivity contribution in [1.29, 1.82) is 0 Å². The van der Waals surface area contributed by atoms with E-state index in [9.17, 15) is 34.5 Å². The number of unbranched alkanes of at least 4 members (excludes halogenated alkanes) is 1. The molecule has 62 heavy (non-hydrogen) atoms. The minimum atomic E-state index is -1.55. The van der Waals surface area contributed by atoms with Crippen LogP contribution in [0.3, 0.4) is 0 Å². The Labute approximate surface area is 372 Å². The molecule has 4 amide bonds. The monoisotopic (exact) mass is 895 g/mol. The van der Waals surface area contributed by atoms with Crippen molar-refractivity contribution >= 4 is 35.8 Å². The molecule has 0 saturated carbocycles. The van der Waals surface area contributed by atoms with E-state index in [-0.39, 0.29) is 99.1 Å². The summed E-state index contributed by atoms with van der Waals surface area (Å²) >= 11 is 1.87. The summed E-state index contributed by atoms with van der Waals surface area (Å²) in [5.41, 5.74) is -0.770. The van der Waals surface area contributed by atoms with Gasteiger partial charge in [0.2, 0.25) is 5.91 Å². The maximum atomic E-state index is 12.9. The van der Waals surface area contributed by atoms with Crippen molar-refractivity contribution in [2.24, 2.45) is 17.8 Å². The Balaban J connectivity index is 1.13. The maximum Gasteiger partial charge on any atom is 0.407 e. The molecular formula is C45H74N4O12S. The van der Waals surface area contributed by atoms with Crippen LogP contribution in [-0.2, 0) is 33.3 Å². The largest absolute Gasteiger partial charge is 0.457 e. The Kier molecular flexibility index (Phi) is 21.5. The molecule has 0 aliphatic carbocycles. The lowest BCUT2D eigenvalue weighted by Crippen LogP contribution is -2.44. The van der Waals surface area contributed by atoms with Gasteiger partial charge in [0.15, 0.2) is 6.10 Å². The topological polar surface area (TPSA) is 227 Å². The van der Waals surface area contributed by atoms with Crippen LogP contribution in [0.15, 0.2) is 36.0 Å². The van der Waals surface area contributed by atoms with E-state index in [1.54, 1.807) is 12.2 Å². The minimum Gasteiger partial charge on any atom is -0.457 e. The molecule has 4 aliphatic rings. The first kappa shape index (κ1) is 51.4. The Morgan fingerprint density at radius 3 is 2.53 bits per heavy atom. The van der Waals surface area contributed by atoms with Crippen LogP contribution < -0.4 is 21.3 Å². The summed E-state index contributed by atoms with van der Waals surface area (Å²) < 4.78 is 28.5. The second-order valence-corrected chi connectivity index (χ2v) is 18.9. The minimum absolute atomic E-state index is 0.0166. The quantitative estimate of drug-likeness (QED) is 0.0192. The maximum absolute atomic E-state index is 12.9. The molecule has 7 N–H and O–H groups in total. The highest BCUT2D eigenvalue weighted by atomic mass is 32.2. The number of fused-ring (bicyclic) bond motifs is 1. The second-order valence-electron chi connectivity index (χ2n) is 17.6. The number of nitrogens with one attached hydrogen (secondary N) is 4. The van der Waals surface area contributed by atoms with E-state index >= 15 is 0 Å². The van der Waals surface area contributed by atoms with Crippen LogP contribution in [0.2, 0.25) is 0 Å². The Morgan fingerprint density at radius 1 is 1.08 bits per heavy atom. The Hall–Kier alpha value is -3.19. The Bertz CT molecular complexity index is 1530. The number of esters is 1. The standard InChI is InChI=1S/C45H74N4O12S/c1-7-34(51)31(5)42-35(59-42)25-28(2)11-10-12-29(3)41-30(4)15-16-37(45(6,56)18-17-32(50)26-39(53)61-41)60-44(55)47-20-22-58-24-23-57-21-19-46-38(52)14-9-8-13-36-40-33(27-62-36)48-43(54)49-40/h10-12,15-16,28,30-37,40-42,50-51,56H,7-9,13-14,17-27H2,1-6H3,(H,46,52)(H,47,55)(H2,48,49,54)/t28?,30?,31?,32?,33-,34?,35?,36-,37?,40-,41?,42?,45?/m0/s1. The van der Waals surface area contributed by atoms with Crippen molar-refractivity contribution in [2.45, 2.75) is 159 Å². The van der Waals surface area contributed by atoms with Gasteiger partial charge in [0.1, 0.15) is 11.7 Å². The fraction of sp³-hybridized carbons (Fsp3) is 0.778. The highest BCUT2D eigenvalue weighted by Gasteiger charge is 2.45. The van der Waals surface area contributed by atoms with Crippen LogP contribution in [0.1, 0.15) is 99.3 Å². The smallest absolute Gasteiger partial charge is 0.407 e. The zero-order valence-electron chi connectivity index (χ0n) is 37.6. The average molecular weight is 895 g/mol. The van der Waals surface area contributed by atoms with Crippen molar-refractivity contribution in [3.8, 4) is 0 Å². The number of epoxide rings is 1. The van der Waals surface area contributed by atoms with Crippen molar-refractivity contribution in [3.63, 3.8) is 0 Å². The van der Waals surface area contributed by atoms with Gasteiger partial charge >= 0.3 is 18.1 Å². The van der Waals surface area contributed by atoms with Crippen LogP contribution in [0, 0.1) is 17.8 Å². The summed E-state index contributed by atoms with van der Waals surface area (Å²) in [5.74, 6) is 0.301. The number of cyclic esters (lactones) is 1. The molecule has 4 heterocycles. The number of allylic oxidation sites excluding steroid dienone is 3. The third-order valence-corrected chi connectivity index (χ3v) is 13.6. The number of amides is 4. The first-order chi connectivity index (χ1) is 29.6. The predicted octanol–water partition coefficient (Wildman–Crippen LogP) is 4.06. The van der Waals surface area contributed by atoms with Gasteiger partial charge in [0, 0.05) is 42.3 Å². The first-order valence-electron chi connectivity index (χ1n) is 22.6. The third kappa shape index (κ3) is 17.4. The molecule has 13 atom stereocenters. The van der Waals surface area contributed by atoms with Crippen LogP contribution in [-0.4, -0.2) is 144 Å². The number of carbonyl (C=O) groups is 4. The van der Waals surface area contributed by atoms with Crippen LogP contribution in [0.5, 0.6) is 0 Å². The van der Waals surface area contributed by atoms with Gasteiger partial charge in [-0.1, -0.05) is 58.4 Å². The number of aliphatic hydroxyl groups excluding tert-OH is 2. The third-order valence-electron chi connectivity index (χ3n) is 12.1. The molecule has 0 bridgehead atoms. The summed E-state index contributed by atoms with van der Waals surface area (Å²) in [6.07, 6.45) is 10.1. The SMILES string of the molecule is CCC(O)C(C)C1OC1CC(C)C=CC=C(C)C1OC(=O)CC(O)CCC(C)(O)C(OC(=O)NCCOCCOCCNC(=O)CCCC[C@@H]2SC[C@@H]3NC(=O)N[C@@H]32)C=CC1C. The van der Waals surface area contributed by atoms with Gasteiger partial charge in [-0.15, -0.1) is 0 Å². The van der Waals surface area contributed by atoms with Gasteiger partial charge in [0.25, 0.3) is 0 Å². The lowest BCUT2D eigenvalue weighted by Gasteiger charge is -2.32. The lowest BCUT2D eigenvalue weighted by atomic mass is 9.88. The summed E-state index contributed by atoms with van der Waals surface area (Å²) in [5, 5.41) is 44.1. The number of hydrogen-bond donors (Lipinski definition) is 7. The number of rotatable bonds is 23. The predicted molar refractivity (Wildman–Crippen MR) is 236 cm³/mol. The molecule has 17 heteroatoms.